The molecule has 0 spiro atoms. The van der Waals surface area contributed by atoms with Gasteiger partial charge in [0.1, 0.15) is 85.5 Å². The van der Waals surface area contributed by atoms with Gasteiger partial charge in [0.25, 0.3) is 0 Å². The lowest BCUT2D eigenvalue weighted by molar-refractivity contribution is -0.333. The summed E-state index contributed by atoms with van der Waals surface area (Å²) in [7, 11) is 0. The molecule has 42 nitrogen and oxygen atoms in total. The second kappa shape index (κ2) is 41.7. The number of ether oxygens (including phenoxy) is 4. The van der Waals surface area contributed by atoms with Gasteiger partial charge < -0.3 is 135 Å². The minimum Gasteiger partial charge on any atom is -0.480 e. The van der Waals surface area contributed by atoms with Gasteiger partial charge in [-0.25, -0.2) is 0 Å². The molecule has 94 heavy (non-hydrogen) atoms. The molecule has 15 unspecified atom stereocenters. The highest BCUT2D eigenvalue weighted by Crippen LogP contribution is 2.31. The van der Waals surface area contributed by atoms with Crippen molar-refractivity contribution in [1.29, 1.82) is 0 Å². The third kappa shape index (κ3) is 29.8. The summed E-state index contributed by atoms with van der Waals surface area (Å²) in [6, 6.07) is -9.09. The van der Waals surface area contributed by atoms with Crippen molar-refractivity contribution >= 4 is 94.6 Å². The molecule has 15 atom stereocenters. The number of aliphatic hydroxyl groups excluding tert-OH is 5. The number of hydrogen-bond acceptors (Lipinski definition) is 26. The number of nitrogens with two attached hydrogens (primary N) is 2. The number of nitrogens with one attached hydrogen (secondary N) is 14. The van der Waals surface area contributed by atoms with Gasteiger partial charge in [-0.05, 0) is 46.5 Å². The molecule has 0 bridgehead atoms. The van der Waals surface area contributed by atoms with E-state index in [1.165, 1.54) is 13.8 Å². The maximum absolute atomic E-state index is 13.7. The lowest BCUT2D eigenvalue weighted by Gasteiger charge is -2.48. The van der Waals surface area contributed by atoms with Crippen molar-refractivity contribution in [2.45, 2.75) is 158 Å². The Bertz CT molecular complexity index is 2680. The zero-order valence-electron chi connectivity index (χ0n) is 52.0. The van der Waals surface area contributed by atoms with E-state index in [2.05, 4.69) is 69.1 Å². The fourth-order valence-corrected chi connectivity index (χ4v) is 8.53. The van der Waals surface area contributed by atoms with Crippen LogP contribution in [0.5, 0.6) is 0 Å². The van der Waals surface area contributed by atoms with E-state index in [1.807, 2.05) is 5.32 Å². The Kier molecular flexibility index (Phi) is 36.0. The predicted octanol–water partition coefficient (Wildman–Crippen LogP) is -14.3. The summed E-state index contributed by atoms with van der Waals surface area (Å²) in [5.41, 5.74) is 10.7. The van der Waals surface area contributed by atoms with Crippen LogP contribution in [-0.4, -0.2) is 289 Å². The van der Waals surface area contributed by atoms with Crippen molar-refractivity contribution in [3.8, 4) is 0 Å². The third-order valence-corrected chi connectivity index (χ3v) is 13.5. The molecule has 0 aromatic heterocycles. The van der Waals surface area contributed by atoms with E-state index < -0.39 is 258 Å². The zero-order chi connectivity index (χ0) is 70.9. The average molecular weight is 1350 g/mol. The number of carboxylic acids is 1. The number of amides is 15. The lowest BCUT2D eigenvalue weighted by atomic mass is 9.94. The number of rotatable bonds is 40. The molecular formula is C52H86N16O26. The second-order valence-corrected chi connectivity index (χ2v) is 21.2. The van der Waals surface area contributed by atoms with Crippen LogP contribution in [0.15, 0.2) is 0 Å². The summed E-state index contributed by atoms with van der Waals surface area (Å²) in [5.74, 6) is -14.1. The van der Waals surface area contributed by atoms with Crippen molar-refractivity contribution in [3.05, 3.63) is 0 Å². The van der Waals surface area contributed by atoms with Crippen molar-refractivity contribution in [2.24, 2.45) is 11.5 Å². The molecule has 2 rings (SSSR count). The molecule has 24 N–H and O–H groups in total. The first-order chi connectivity index (χ1) is 44.2. The SMILES string of the molecule is CC(=O)NC1C(OC2C(CO)OC(O)C(NC(C)=O)C2OC(C)C(=O)NC(C)C(=O)NC(CCC(=O)NC(CCCCNC(=O)CNC(=O)CNC(=O)CNC(=O)CNC(=O)CN)C(=O)NC(C)C(=O)NCC(=O)NCC(=O)NCC(=O)O)C(N)=O)OC(CO)C(O)C1O. The van der Waals surface area contributed by atoms with E-state index >= 15 is 0 Å². The Balaban J connectivity index is 2.15. The second-order valence-electron chi connectivity index (χ2n) is 21.2. The van der Waals surface area contributed by atoms with Crippen LogP contribution >= 0.6 is 0 Å². The van der Waals surface area contributed by atoms with E-state index in [-0.39, 0.29) is 32.4 Å². The fourth-order valence-electron chi connectivity index (χ4n) is 8.53. The maximum Gasteiger partial charge on any atom is 0.322 e. The van der Waals surface area contributed by atoms with Gasteiger partial charge in [-0.15, -0.1) is 0 Å². The van der Waals surface area contributed by atoms with Crippen LogP contribution in [-0.2, 0) is 95.7 Å². The third-order valence-electron chi connectivity index (χ3n) is 13.5. The Morgan fingerprint density at radius 3 is 1.47 bits per heavy atom. The first kappa shape index (κ1) is 81.2. The largest absolute Gasteiger partial charge is 0.480 e. The van der Waals surface area contributed by atoms with Crippen molar-refractivity contribution in [2.75, 3.05) is 72.1 Å². The molecule has 2 fully saturated rings. The number of aliphatic carboxylic acids is 1. The molecule has 2 saturated heterocycles. The summed E-state index contributed by atoms with van der Waals surface area (Å²) in [6.45, 7) is -0.662. The van der Waals surface area contributed by atoms with Gasteiger partial charge in [-0.2, -0.15) is 0 Å². The van der Waals surface area contributed by atoms with Gasteiger partial charge in [0, 0.05) is 26.8 Å². The summed E-state index contributed by atoms with van der Waals surface area (Å²) < 4.78 is 23.3. The van der Waals surface area contributed by atoms with Gasteiger partial charge >= 0.3 is 5.97 Å². The number of hydrogen-bond donors (Lipinski definition) is 22. The van der Waals surface area contributed by atoms with Gasteiger partial charge in [-0.1, -0.05) is 0 Å². The van der Waals surface area contributed by atoms with Crippen molar-refractivity contribution in [1.82, 2.24) is 74.4 Å². The Morgan fingerprint density at radius 2 is 0.968 bits per heavy atom. The van der Waals surface area contributed by atoms with E-state index in [4.69, 9.17) is 35.5 Å². The molecule has 2 aliphatic rings. The van der Waals surface area contributed by atoms with Crippen LogP contribution in [0.3, 0.4) is 0 Å². The Labute approximate surface area is 536 Å². The smallest absolute Gasteiger partial charge is 0.322 e. The number of primary amides is 1. The Morgan fingerprint density at radius 1 is 0.489 bits per heavy atom. The molecule has 0 radical (unpaired) electrons. The molecule has 2 aliphatic heterocycles. The number of carboxylic acid groups (broad SMARTS) is 1. The molecule has 0 aromatic rings. The monoisotopic (exact) mass is 1350 g/mol. The highest BCUT2D eigenvalue weighted by molar-refractivity contribution is 5.95. The topological polar surface area (TPSA) is 652 Å². The van der Waals surface area contributed by atoms with Crippen molar-refractivity contribution in [3.63, 3.8) is 0 Å². The normalized spacial score (nSPS) is 22.2. The lowest BCUT2D eigenvalue weighted by Crippen LogP contribution is -2.70. The van der Waals surface area contributed by atoms with Gasteiger partial charge in [0.2, 0.25) is 88.6 Å². The van der Waals surface area contributed by atoms with Crippen LogP contribution in [0, 0.1) is 0 Å². The number of unbranched alkanes of at least 4 members (excludes halogenated alkanes) is 1. The van der Waals surface area contributed by atoms with Crippen LogP contribution in [0.4, 0.5) is 0 Å². The van der Waals surface area contributed by atoms with Crippen LogP contribution in [0.1, 0.15) is 66.7 Å². The standard InChI is InChI=1S/C52H86N16O26/c1-22(47(86)62-18-38(80)60-17-37(79)61-19-39(81)82)64-50(89)28(8-6-7-11-55-33(75)13-57-35(77)15-59-36(78)16-58-34(76)14-56-32(74)12-53)67-31(73)10-9-27(46(54)85)68-48(87)23(2)63-49(88)24(3)91-45-41(66-26(5)72)51(90)92-30(21-70)44(45)94-52-40(65-25(4)71)43(84)42(83)29(20-69)93-52/h22-24,27-30,40-45,51-52,69-70,83-84,90H,6-21,53H2,1-5H3,(H2,54,85)(H,55,75)(H,56,74)(H,57,77)(H,58,76)(H,59,78)(H,60,80)(H,61,79)(H,62,86)(H,63,88)(H,64,89)(H,65,71)(H,66,72)(H,67,73)(H,68,87)(H,81,82). The Hall–Kier alpha value is -8.88. The number of carbonyl (C=O) groups is 16. The first-order valence-electron chi connectivity index (χ1n) is 29.2. The zero-order valence-corrected chi connectivity index (χ0v) is 52.0. The van der Waals surface area contributed by atoms with Gasteiger partial charge in [0.05, 0.1) is 59.0 Å². The first-order valence-corrected chi connectivity index (χ1v) is 29.2. The summed E-state index contributed by atoms with van der Waals surface area (Å²) >= 11 is 0. The van der Waals surface area contributed by atoms with Crippen LogP contribution in [0.2, 0.25) is 0 Å². The minimum absolute atomic E-state index is 0.0447. The molecule has 42 heteroatoms. The molecule has 530 valence electrons. The molecule has 15 amide bonds. The highest BCUT2D eigenvalue weighted by atomic mass is 16.7. The van der Waals surface area contributed by atoms with Crippen LogP contribution < -0.4 is 85.9 Å². The van der Waals surface area contributed by atoms with Gasteiger partial charge in [-0.3, -0.25) is 76.7 Å². The number of carbonyl (C=O) groups excluding carboxylic acids is 15. The van der Waals surface area contributed by atoms with Gasteiger partial charge in [0.15, 0.2) is 12.6 Å². The van der Waals surface area contributed by atoms with E-state index in [1.54, 1.807) is 0 Å². The summed E-state index contributed by atoms with van der Waals surface area (Å²) in [6.07, 6.45) is -16.4. The fraction of sp³-hybridized carbons (Fsp3) is 0.692. The molecule has 0 aliphatic carbocycles. The average Bonchev–Trinajstić information content (AvgIpc) is 0.780. The quantitative estimate of drug-likeness (QED) is 0.0253. The van der Waals surface area contributed by atoms with E-state index in [0.29, 0.717) is 0 Å². The van der Waals surface area contributed by atoms with E-state index in [0.717, 1.165) is 20.8 Å². The highest BCUT2D eigenvalue weighted by Gasteiger charge is 2.53. The maximum atomic E-state index is 13.7. The molecule has 0 aromatic carbocycles. The van der Waals surface area contributed by atoms with Crippen LogP contribution in [0.25, 0.3) is 0 Å². The number of aliphatic hydroxyl groups is 5. The molecule has 2 heterocycles. The summed E-state index contributed by atoms with van der Waals surface area (Å²) in [5, 5.41) is 93.3. The minimum atomic E-state index is -1.94. The predicted molar refractivity (Wildman–Crippen MR) is 312 cm³/mol. The molecule has 0 saturated carbocycles. The molecular weight excluding hydrogens is 1260 g/mol. The van der Waals surface area contributed by atoms with Crippen molar-refractivity contribution < 1.29 is 126 Å². The van der Waals surface area contributed by atoms with E-state index in [9.17, 15) is 102 Å². The summed E-state index contributed by atoms with van der Waals surface area (Å²) in [4.78, 5) is 199.